The third-order valence-corrected chi connectivity index (χ3v) is 3.53. The van der Waals surface area contributed by atoms with E-state index in [9.17, 15) is 4.79 Å². The van der Waals surface area contributed by atoms with Crippen molar-refractivity contribution in [2.24, 2.45) is 0 Å². The smallest absolute Gasteiger partial charge is 0.407 e. The molecule has 1 N–H and O–H groups in total. The largest absolute Gasteiger partial charge is 0.465 e. The van der Waals surface area contributed by atoms with E-state index in [1.165, 1.54) is 4.90 Å². The molecule has 0 atom stereocenters. The molecule has 1 aliphatic heterocycles. The maximum atomic E-state index is 11.0. The number of carboxylic acid groups (broad SMARTS) is 1. The molecule has 3 rings (SSSR count). The van der Waals surface area contributed by atoms with Gasteiger partial charge in [0.25, 0.3) is 0 Å². The van der Waals surface area contributed by atoms with Crippen molar-refractivity contribution >= 4 is 17.7 Å². The SMILES string of the molecule is O=C(O)N1CCn2c(cnc2C#Cc2cccc(Cl)c2)C1. The number of halogens is 1. The molecule has 106 valence electrons. The van der Waals surface area contributed by atoms with Gasteiger partial charge in [-0.2, -0.15) is 0 Å². The Morgan fingerprint density at radius 2 is 2.19 bits per heavy atom. The highest BCUT2D eigenvalue weighted by atomic mass is 35.5. The number of benzene rings is 1. The van der Waals surface area contributed by atoms with Crippen LogP contribution in [0.3, 0.4) is 0 Å². The van der Waals surface area contributed by atoms with Crippen molar-refractivity contribution in [1.29, 1.82) is 0 Å². The molecule has 1 aromatic carbocycles. The molecular formula is C15H12ClN3O2. The summed E-state index contributed by atoms with van der Waals surface area (Å²) in [5, 5.41) is 9.65. The zero-order chi connectivity index (χ0) is 14.8. The summed E-state index contributed by atoms with van der Waals surface area (Å²) in [5.41, 5.74) is 1.68. The van der Waals surface area contributed by atoms with Crippen LogP contribution < -0.4 is 0 Å². The average molecular weight is 302 g/mol. The highest BCUT2D eigenvalue weighted by Crippen LogP contribution is 2.15. The molecule has 2 aromatic rings. The molecular weight excluding hydrogens is 290 g/mol. The first kappa shape index (κ1) is 13.5. The van der Waals surface area contributed by atoms with E-state index in [0.717, 1.165) is 11.3 Å². The van der Waals surface area contributed by atoms with Crippen LogP contribution in [0.25, 0.3) is 0 Å². The number of imidazole rings is 1. The summed E-state index contributed by atoms with van der Waals surface area (Å²) in [6.45, 7) is 1.37. The van der Waals surface area contributed by atoms with Crippen molar-refractivity contribution in [3.05, 3.63) is 52.6 Å². The lowest BCUT2D eigenvalue weighted by Gasteiger charge is -2.25. The van der Waals surface area contributed by atoms with Crippen LogP contribution in [0.4, 0.5) is 4.79 Å². The molecule has 0 spiro atoms. The highest BCUT2D eigenvalue weighted by Gasteiger charge is 2.21. The molecule has 0 bridgehead atoms. The molecule has 6 heteroatoms. The van der Waals surface area contributed by atoms with E-state index in [-0.39, 0.29) is 0 Å². The van der Waals surface area contributed by atoms with E-state index in [1.807, 2.05) is 16.7 Å². The van der Waals surface area contributed by atoms with E-state index < -0.39 is 6.09 Å². The highest BCUT2D eigenvalue weighted by molar-refractivity contribution is 6.30. The van der Waals surface area contributed by atoms with Crippen molar-refractivity contribution in [2.75, 3.05) is 6.54 Å². The fourth-order valence-corrected chi connectivity index (χ4v) is 2.43. The molecule has 0 radical (unpaired) electrons. The van der Waals surface area contributed by atoms with Gasteiger partial charge in [0.2, 0.25) is 0 Å². The molecule has 0 saturated carbocycles. The topological polar surface area (TPSA) is 58.4 Å². The van der Waals surface area contributed by atoms with Crippen molar-refractivity contribution in [1.82, 2.24) is 14.5 Å². The number of hydrogen-bond acceptors (Lipinski definition) is 2. The lowest BCUT2D eigenvalue weighted by molar-refractivity contribution is 0.132. The van der Waals surface area contributed by atoms with Crippen LogP contribution in [-0.4, -0.2) is 32.2 Å². The van der Waals surface area contributed by atoms with E-state index in [1.54, 1.807) is 18.3 Å². The first-order valence-corrected chi connectivity index (χ1v) is 6.81. The van der Waals surface area contributed by atoms with Gasteiger partial charge in [-0.15, -0.1) is 0 Å². The van der Waals surface area contributed by atoms with Gasteiger partial charge in [-0.05, 0) is 24.1 Å². The van der Waals surface area contributed by atoms with E-state index in [4.69, 9.17) is 16.7 Å². The van der Waals surface area contributed by atoms with E-state index in [0.29, 0.717) is 30.5 Å². The first-order chi connectivity index (χ1) is 10.1. The van der Waals surface area contributed by atoms with Crippen LogP contribution >= 0.6 is 11.6 Å². The molecule has 5 nitrogen and oxygen atoms in total. The predicted octanol–water partition coefficient (Wildman–Crippen LogP) is 2.43. The summed E-state index contributed by atoms with van der Waals surface area (Å²) in [4.78, 5) is 16.6. The van der Waals surface area contributed by atoms with E-state index >= 15 is 0 Å². The van der Waals surface area contributed by atoms with Gasteiger partial charge in [0.1, 0.15) is 0 Å². The minimum absolute atomic E-state index is 0.348. The third kappa shape index (κ3) is 2.86. The van der Waals surface area contributed by atoms with Crippen LogP contribution in [0.15, 0.2) is 30.5 Å². The molecule has 0 fully saturated rings. The third-order valence-electron chi connectivity index (χ3n) is 3.30. The molecule has 1 amide bonds. The molecule has 0 unspecified atom stereocenters. The lowest BCUT2D eigenvalue weighted by Crippen LogP contribution is -2.37. The average Bonchev–Trinajstić information content (AvgIpc) is 2.87. The zero-order valence-electron chi connectivity index (χ0n) is 11.1. The predicted molar refractivity (Wildman–Crippen MR) is 78.1 cm³/mol. The van der Waals surface area contributed by atoms with Crippen molar-refractivity contribution in [3.8, 4) is 11.8 Å². The van der Waals surface area contributed by atoms with E-state index in [2.05, 4.69) is 16.8 Å². The lowest BCUT2D eigenvalue weighted by atomic mass is 10.2. The summed E-state index contributed by atoms with van der Waals surface area (Å²) < 4.78 is 1.96. The summed E-state index contributed by atoms with van der Waals surface area (Å²) in [6.07, 6.45) is 0.769. The quantitative estimate of drug-likeness (QED) is 0.760. The number of fused-ring (bicyclic) bond motifs is 1. The summed E-state index contributed by atoms with van der Waals surface area (Å²) in [5.74, 6) is 6.69. The Balaban J connectivity index is 1.85. The normalized spacial score (nSPS) is 13.3. The first-order valence-electron chi connectivity index (χ1n) is 6.43. The number of aromatic nitrogens is 2. The summed E-state index contributed by atoms with van der Waals surface area (Å²) >= 11 is 5.92. The van der Waals surface area contributed by atoms with Gasteiger partial charge in [-0.1, -0.05) is 23.6 Å². The second-order valence-corrected chi connectivity index (χ2v) is 5.13. The summed E-state index contributed by atoms with van der Waals surface area (Å²) in [7, 11) is 0. The van der Waals surface area contributed by atoms with Gasteiger partial charge in [-0.25, -0.2) is 9.78 Å². The second-order valence-electron chi connectivity index (χ2n) is 4.69. The monoisotopic (exact) mass is 301 g/mol. The van der Waals surface area contributed by atoms with Gasteiger partial charge >= 0.3 is 6.09 Å². The Kier molecular flexibility index (Phi) is 3.55. The van der Waals surface area contributed by atoms with Gasteiger partial charge < -0.3 is 14.6 Å². The molecule has 21 heavy (non-hydrogen) atoms. The van der Waals surface area contributed by atoms with Crippen molar-refractivity contribution in [2.45, 2.75) is 13.1 Å². The number of carbonyl (C=O) groups is 1. The zero-order valence-corrected chi connectivity index (χ0v) is 11.8. The number of hydrogen-bond donors (Lipinski definition) is 1. The Morgan fingerprint density at radius 3 is 2.95 bits per heavy atom. The second kappa shape index (κ2) is 5.51. The minimum Gasteiger partial charge on any atom is -0.465 e. The molecule has 1 aliphatic rings. The molecule has 1 aromatic heterocycles. The fourth-order valence-electron chi connectivity index (χ4n) is 2.24. The van der Waals surface area contributed by atoms with Crippen LogP contribution in [0.2, 0.25) is 5.02 Å². The maximum Gasteiger partial charge on any atom is 0.407 e. The van der Waals surface area contributed by atoms with Gasteiger partial charge in [0.15, 0.2) is 5.82 Å². The van der Waals surface area contributed by atoms with Crippen LogP contribution in [0, 0.1) is 11.8 Å². The van der Waals surface area contributed by atoms with Crippen molar-refractivity contribution < 1.29 is 9.90 Å². The van der Waals surface area contributed by atoms with Crippen LogP contribution in [0.1, 0.15) is 17.1 Å². The Hall–Kier alpha value is -2.45. The number of amides is 1. The molecule has 0 aliphatic carbocycles. The van der Waals surface area contributed by atoms with Crippen LogP contribution in [0.5, 0.6) is 0 Å². The Morgan fingerprint density at radius 1 is 1.33 bits per heavy atom. The fraction of sp³-hybridized carbons (Fsp3) is 0.200. The standard InChI is InChI=1S/C15H12ClN3O2/c16-12-3-1-2-11(8-12)4-5-14-17-9-13-10-18(15(20)21)6-7-19(13)14/h1-3,8-9H,6-7,10H2,(H,20,21). The summed E-state index contributed by atoms with van der Waals surface area (Å²) in [6, 6.07) is 7.31. The molecule has 2 heterocycles. The maximum absolute atomic E-state index is 11.0. The van der Waals surface area contributed by atoms with Gasteiger partial charge in [0.05, 0.1) is 18.4 Å². The molecule has 0 saturated heterocycles. The Labute approximate surface area is 126 Å². The van der Waals surface area contributed by atoms with Gasteiger partial charge in [0, 0.05) is 23.7 Å². The van der Waals surface area contributed by atoms with Crippen molar-refractivity contribution in [3.63, 3.8) is 0 Å². The number of rotatable bonds is 0. The van der Waals surface area contributed by atoms with Crippen LogP contribution in [-0.2, 0) is 13.1 Å². The Bertz CT molecular complexity index is 758. The van der Waals surface area contributed by atoms with Gasteiger partial charge in [-0.3, -0.25) is 0 Å². The minimum atomic E-state index is -0.908. The number of nitrogens with zero attached hydrogens (tertiary/aromatic N) is 3.